The van der Waals surface area contributed by atoms with Gasteiger partial charge in [-0.25, -0.2) is 4.98 Å². The lowest BCUT2D eigenvalue weighted by atomic mass is 10.1. The minimum Gasteiger partial charge on any atom is -0.477 e. The summed E-state index contributed by atoms with van der Waals surface area (Å²) < 4.78 is 16.1. The molecule has 0 N–H and O–H groups in total. The number of benzene rings is 1. The van der Waals surface area contributed by atoms with Gasteiger partial charge in [0.15, 0.2) is 11.5 Å². The van der Waals surface area contributed by atoms with Crippen LogP contribution in [0.4, 0.5) is 0 Å². The highest BCUT2D eigenvalue weighted by Gasteiger charge is 2.19. The third-order valence-electron chi connectivity index (χ3n) is 3.49. The lowest BCUT2D eigenvalue weighted by Crippen LogP contribution is -2.27. The van der Waals surface area contributed by atoms with Gasteiger partial charge in [0, 0.05) is 19.8 Å². The van der Waals surface area contributed by atoms with Crippen LogP contribution in [-0.2, 0) is 6.54 Å². The standard InChI is InChI=1S/C17H18N2O4/c1-3-21-16-13(5-4-8-18-16)17(20)19(2)10-12-6-7-14-15(9-12)23-11-22-14/h4-9H,3,10-11H2,1-2H3. The van der Waals surface area contributed by atoms with Crippen LogP contribution >= 0.6 is 0 Å². The first kappa shape index (κ1) is 15.1. The van der Waals surface area contributed by atoms with Crippen molar-refractivity contribution in [1.82, 2.24) is 9.88 Å². The van der Waals surface area contributed by atoms with Gasteiger partial charge in [-0.3, -0.25) is 4.79 Å². The number of hydrogen-bond acceptors (Lipinski definition) is 5. The summed E-state index contributed by atoms with van der Waals surface area (Å²) in [6.45, 7) is 3.01. The number of nitrogens with zero attached hydrogens (tertiary/aromatic N) is 2. The molecule has 23 heavy (non-hydrogen) atoms. The Bertz CT molecular complexity index is 717. The fourth-order valence-corrected chi connectivity index (χ4v) is 2.40. The molecule has 2 heterocycles. The van der Waals surface area contributed by atoms with Crippen LogP contribution in [0.25, 0.3) is 0 Å². The van der Waals surface area contributed by atoms with E-state index in [0.717, 1.165) is 11.3 Å². The number of carbonyl (C=O) groups is 1. The molecule has 3 rings (SSSR count). The Morgan fingerprint density at radius 2 is 2.13 bits per heavy atom. The van der Waals surface area contributed by atoms with Crippen molar-refractivity contribution in [1.29, 1.82) is 0 Å². The van der Waals surface area contributed by atoms with Crippen molar-refractivity contribution in [2.45, 2.75) is 13.5 Å². The van der Waals surface area contributed by atoms with E-state index in [4.69, 9.17) is 14.2 Å². The van der Waals surface area contributed by atoms with Crippen LogP contribution in [0.3, 0.4) is 0 Å². The Morgan fingerprint density at radius 1 is 1.30 bits per heavy atom. The van der Waals surface area contributed by atoms with Gasteiger partial charge in [0.05, 0.1) is 6.61 Å². The first-order valence-corrected chi connectivity index (χ1v) is 7.41. The molecular formula is C17H18N2O4. The zero-order valence-corrected chi connectivity index (χ0v) is 13.1. The minimum atomic E-state index is -0.140. The van der Waals surface area contributed by atoms with Crippen molar-refractivity contribution in [3.8, 4) is 17.4 Å². The fourth-order valence-electron chi connectivity index (χ4n) is 2.40. The molecule has 0 unspecified atom stereocenters. The molecule has 0 radical (unpaired) electrons. The maximum absolute atomic E-state index is 12.6. The van der Waals surface area contributed by atoms with Gasteiger partial charge in [-0.15, -0.1) is 0 Å². The number of rotatable bonds is 5. The fraction of sp³-hybridized carbons (Fsp3) is 0.294. The molecule has 1 aliphatic rings. The van der Waals surface area contributed by atoms with Crippen LogP contribution in [0.15, 0.2) is 36.5 Å². The van der Waals surface area contributed by atoms with Gasteiger partial charge in [-0.1, -0.05) is 6.07 Å². The second kappa shape index (κ2) is 6.56. The van der Waals surface area contributed by atoms with Crippen molar-refractivity contribution in [2.24, 2.45) is 0 Å². The van der Waals surface area contributed by atoms with Crippen molar-refractivity contribution in [2.75, 3.05) is 20.4 Å². The Kier molecular flexibility index (Phi) is 4.32. The lowest BCUT2D eigenvalue weighted by Gasteiger charge is -2.18. The molecule has 1 aliphatic heterocycles. The predicted molar refractivity (Wildman–Crippen MR) is 83.8 cm³/mol. The van der Waals surface area contributed by atoms with E-state index < -0.39 is 0 Å². The summed E-state index contributed by atoms with van der Waals surface area (Å²) in [5.41, 5.74) is 1.42. The summed E-state index contributed by atoms with van der Waals surface area (Å²) in [6.07, 6.45) is 1.61. The molecule has 2 aromatic rings. The molecule has 1 amide bonds. The molecule has 0 fully saturated rings. The number of carbonyl (C=O) groups excluding carboxylic acids is 1. The van der Waals surface area contributed by atoms with E-state index in [1.165, 1.54) is 0 Å². The number of fused-ring (bicyclic) bond motifs is 1. The number of hydrogen-bond donors (Lipinski definition) is 0. The lowest BCUT2D eigenvalue weighted by molar-refractivity contribution is 0.0779. The SMILES string of the molecule is CCOc1ncccc1C(=O)N(C)Cc1ccc2c(c1)OCO2. The summed E-state index contributed by atoms with van der Waals surface area (Å²) in [6, 6.07) is 9.11. The quantitative estimate of drug-likeness (QED) is 0.848. The highest BCUT2D eigenvalue weighted by atomic mass is 16.7. The molecule has 1 aromatic heterocycles. The highest BCUT2D eigenvalue weighted by molar-refractivity contribution is 5.96. The summed E-state index contributed by atoms with van der Waals surface area (Å²) in [5, 5.41) is 0. The van der Waals surface area contributed by atoms with Gasteiger partial charge >= 0.3 is 0 Å². The van der Waals surface area contributed by atoms with E-state index in [1.54, 1.807) is 30.3 Å². The topological polar surface area (TPSA) is 60.9 Å². The molecule has 6 heteroatoms. The normalized spacial score (nSPS) is 12.1. The maximum Gasteiger partial charge on any atom is 0.259 e. The summed E-state index contributed by atoms with van der Waals surface area (Å²) >= 11 is 0. The summed E-state index contributed by atoms with van der Waals surface area (Å²) in [5.74, 6) is 1.66. The largest absolute Gasteiger partial charge is 0.477 e. The van der Waals surface area contributed by atoms with Crippen LogP contribution in [-0.4, -0.2) is 36.2 Å². The van der Waals surface area contributed by atoms with Crippen LogP contribution in [0.2, 0.25) is 0 Å². The number of pyridine rings is 1. The summed E-state index contributed by atoms with van der Waals surface area (Å²) in [4.78, 5) is 18.4. The second-order valence-corrected chi connectivity index (χ2v) is 5.14. The first-order chi connectivity index (χ1) is 11.2. The van der Waals surface area contributed by atoms with E-state index in [-0.39, 0.29) is 12.7 Å². The monoisotopic (exact) mass is 314 g/mol. The molecule has 1 aromatic carbocycles. The van der Waals surface area contributed by atoms with Crippen LogP contribution < -0.4 is 14.2 Å². The number of amides is 1. The minimum absolute atomic E-state index is 0.140. The molecule has 120 valence electrons. The third kappa shape index (κ3) is 3.21. The molecule has 6 nitrogen and oxygen atoms in total. The first-order valence-electron chi connectivity index (χ1n) is 7.41. The molecule has 0 bridgehead atoms. The van der Waals surface area contributed by atoms with Gasteiger partial charge in [0.25, 0.3) is 5.91 Å². The average molecular weight is 314 g/mol. The van der Waals surface area contributed by atoms with Gasteiger partial charge in [0.1, 0.15) is 5.56 Å². The highest BCUT2D eigenvalue weighted by Crippen LogP contribution is 2.32. The summed E-state index contributed by atoms with van der Waals surface area (Å²) in [7, 11) is 1.75. The maximum atomic E-state index is 12.6. The van der Waals surface area contributed by atoms with Crippen LogP contribution in [0.5, 0.6) is 17.4 Å². The van der Waals surface area contributed by atoms with E-state index in [9.17, 15) is 4.79 Å². The van der Waals surface area contributed by atoms with Crippen LogP contribution in [0, 0.1) is 0 Å². The smallest absolute Gasteiger partial charge is 0.259 e. The van der Waals surface area contributed by atoms with Gasteiger partial charge < -0.3 is 19.1 Å². The third-order valence-corrected chi connectivity index (χ3v) is 3.49. The van der Waals surface area contributed by atoms with Crippen molar-refractivity contribution >= 4 is 5.91 Å². The zero-order chi connectivity index (χ0) is 16.2. The van der Waals surface area contributed by atoms with Crippen molar-refractivity contribution in [3.05, 3.63) is 47.7 Å². The van der Waals surface area contributed by atoms with E-state index in [0.29, 0.717) is 30.3 Å². The Balaban J connectivity index is 1.75. The number of ether oxygens (including phenoxy) is 3. The van der Waals surface area contributed by atoms with Gasteiger partial charge in [-0.2, -0.15) is 0 Å². The van der Waals surface area contributed by atoms with Crippen LogP contribution in [0.1, 0.15) is 22.8 Å². The molecule has 0 spiro atoms. The Labute approximate surface area is 134 Å². The van der Waals surface area contributed by atoms with Gasteiger partial charge in [-0.05, 0) is 36.8 Å². The van der Waals surface area contributed by atoms with Crippen molar-refractivity contribution in [3.63, 3.8) is 0 Å². The van der Waals surface area contributed by atoms with E-state index in [2.05, 4.69) is 4.98 Å². The molecule has 0 saturated heterocycles. The van der Waals surface area contributed by atoms with E-state index >= 15 is 0 Å². The Morgan fingerprint density at radius 3 is 2.96 bits per heavy atom. The van der Waals surface area contributed by atoms with E-state index in [1.807, 2.05) is 25.1 Å². The zero-order valence-electron chi connectivity index (χ0n) is 13.1. The molecule has 0 aliphatic carbocycles. The predicted octanol–water partition coefficient (Wildman–Crippen LogP) is 2.48. The van der Waals surface area contributed by atoms with Gasteiger partial charge in [0.2, 0.25) is 12.7 Å². The molecular weight excluding hydrogens is 296 g/mol. The molecule has 0 saturated carbocycles. The average Bonchev–Trinajstić information content (AvgIpc) is 3.02. The molecule has 0 atom stereocenters. The Hall–Kier alpha value is -2.76. The second-order valence-electron chi connectivity index (χ2n) is 5.14. The number of aromatic nitrogens is 1. The van der Waals surface area contributed by atoms with Crippen molar-refractivity contribution < 1.29 is 19.0 Å².